The van der Waals surface area contributed by atoms with Gasteiger partial charge in [0.1, 0.15) is 5.82 Å². The zero-order chi connectivity index (χ0) is 15.4. The van der Waals surface area contributed by atoms with Crippen LogP contribution in [0.4, 0.5) is 5.82 Å². The number of hydrogen-bond donors (Lipinski definition) is 1. The van der Waals surface area contributed by atoms with E-state index < -0.39 is 0 Å². The Labute approximate surface area is 125 Å². The van der Waals surface area contributed by atoms with Gasteiger partial charge in [-0.2, -0.15) is 0 Å². The van der Waals surface area contributed by atoms with Gasteiger partial charge in [0, 0.05) is 17.3 Å². The summed E-state index contributed by atoms with van der Waals surface area (Å²) >= 11 is 0. The molecular weight excluding hydrogens is 266 g/mol. The van der Waals surface area contributed by atoms with Crippen LogP contribution >= 0.6 is 0 Å². The zero-order valence-electron chi connectivity index (χ0n) is 12.9. The van der Waals surface area contributed by atoms with Crippen molar-refractivity contribution in [2.24, 2.45) is 5.92 Å². The van der Waals surface area contributed by atoms with Gasteiger partial charge < -0.3 is 15.2 Å². The highest BCUT2D eigenvalue weighted by Gasteiger charge is 2.10. The van der Waals surface area contributed by atoms with Crippen molar-refractivity contribution in [3.63, 3.8) is 0 Å². The van der Waals surface area contributed by atoms with Crippen LogP contribution < -0.4 is 15.2 Å². The van der Waals surface area contributed by atoms with Crippen LogP contribution in [0.2, 0.25) is 0 Å². The van der Waals surface area contributed by atoms with E-state index in [-0.39, 0.29) is 0 Å². The molecule has 2 rings (SSSR count). The highest BCUT2D eigenvalue weighted by Crippen LogP contribution is 2.31. The molecule has 112 valence electrons. The molecule has 0 atom stereocenters. The number of anilines is 1. The minimum Gasteiger partial charge on any atom is -0.493 e. The van der Waals surface area contributed by atoms with Gasteiger partial charge in [-0.15, -0.1) is 0 Å². The van der Waals surface area contributed by atoms with Crippen LogP contribution in [-0.4, -0.2) is 24.2 Å². The van der Waals surface area contributed by atoms with Crippen LogP contribution in [0.5, 0.6) is 11.5 Å². The Morgan fingerprint density at radius 2 is 1.76 bits per heavy atom. The van der Waals surface area contributed by atoms with Crippen LogP contribution in [0.15, 0.2) is 24.3 Å². The first kappa shape index (κ1) is 15.1. The van der Waals surface area contributed by atoms with E-state index in [1.54, 1.807) is 14.2 Å². The summed E-state index contributed by atoms with van der Waals surface area (Å²) in [5.41, 5.74) is 7.69. The van der Waals surface area contributed by atoms with E-state index in [9.17, 15) is 0 Å². The molecule has 0 amide bonds. The Morgan fingerprint density at radius 1 is 1.05 bits per heavy atom. The van der Waals surface area contributed by atoms with Crippen molar-refractivity contribution < 1.29 is 9.47 Å². The second-order valence-corrected chi connectivity index (χ2v) is 5.28. The van der Waals surface area contributed by atoms with E-state index in [1.165, 1.54) is 0 Å². The Hall–Kier alpha value is -2.30. The summed E-state index contributed by atoms with van der Waals surface area (Å²) in [6.45, 7) is 4.29. The number of ether oxygens (including phenoxy) is 2. The Morgan fingerprint density at radius 3 is 2.38 bits per heavy atom. The van der Waals surface area contributed by atoms with Gasteiger partial charge in [0.25, 0.3) is 0 Å². The normalized spacial score (nSPS) is 10.7. The largest absolute Gasteiger partial charge is 0.493 e. The van der Waals surface area contributed by atoms with Crippen molar-refractivity contribution in [2.45, 2.75) is 20.3 Å². The van der Waals surface area contributed by atoms with Crippen LogP contribution in [-0.2, 0) is 6.42 Å². The molecule has 0 spiro atoms. The first-order chi connectivity index (χ1) is 10.0. The van der Waals surface area contributed by atoms with Crippen molar-refractivity contribution in [3.8, 4) is 22.9 Å². The van der Waals surface area contributed by atoms with Gasteiger partial charge in [0.05, 0.1) is 14.2 Å². The third-order valence-corrected chi connectivity index (χ3v) is 3.06. The smallest absolute Gasteiger partial charge is 0.161 e. The molecule has 0 bridgehead atoms. The monoisotopic (exact) mass is 287 g/mol. The molecule has 0 radical (unpaired) electrons. The van der Waals surface area contributed by atoms with Crippen molar-refractivity contribution in [1.82, 2.24) is 9.97 Å². The fourth-order valence-corrected chi connectivity index (χ4v) is 2.15. The molecule has 1 aromatic carbocycles. The quantitative estimate of drug-likeness (QED) is 0.915. The molecule has 21 heavy (non-hydrogen) atoms. The summed E-state index contributed by atoms with van der Waals surface area (Å²) in [4.78, 5) is 8.90. The van der Waals surface area contributed by atoms with E-state index in [0.717, 1.165) is 17.7 Å². The van der Waals surface area contributed by atoms with E-state index in [0.29, 0.717) is 29.1 Å². The predicted molar refractivity (Wildman–Crippen MR) is 83.5 cm³/mol. The molecule has 0 aliphatic carbocycles. The van der Waals surface area contributed by atoms with Crippen LogP contribution in [0.1, 0.15) is 19.5 Å². The lowest BCUT2D eigenvalue weighted by Gasteiger charge is -2.11. The Balaban J connectivity index is 2.43. The maximum Gasteiger partial charge on any atom is 0.161 e. The van der Waals surface area contributed by atoms with E-state index in [4.69, 9.17) is 15.2 Å². The predicted octanol–water partition coefficient (Wildman–Crippen LogP) is 2.94. The molecule has 0 aliphatic rings. The molecule has 2 aromatic rings. The molecule has 0 saturated heterocycles. The molecule has 5 nitrogen and oxygen atoms in total. The highest BCUT2D eigenvalue weighted by atomic mass is 16.5. The number of nitrogens with two attached hydrogens (primary N) is 1. The third kappa shape index (κ3) is 3.62. The SMILES string of the molecule is COc1ccc(-c2nc(N)cc(CC(C)C)n2)cc1OC. The van der Waals surface area contributed by atoms with Gasteiger partial charge >= 0.3 is 0 Å². The lowest BCUT2D eigenvalue weighted by Crippen LogP contribution is -2.03. The topological polar surface area (TPSA) is 70.3 Å². The van der Waals surface area contributed by atoms with Gasteiger partial charge in [0.15, 0.2) is 17.3 Å². The lowest BCUT2D eigenvalue weighted by molar-refractivity contribution is 0.355. The summed E-state index contributed by atoms with van der Waals surface area (Å²) in [5, 5.41) is 0. The van der Waals surface area contributed by atoms with Crippen molar-refractivity contribution >= 4 is 5.82 Å². The number of methoxy groups -OCH3 is 2. The minimum atomic E-state index is 0.477. The molecule has 0 fully saturated rings. The first-order valence-corrected chi connectivity index (χ1v) is 6.89. The highest BCUT2D eigenvalue weighted by molar-refractivity contribution is 5.62. The van der Waals surface area contributed by atoms with Gasteiger partial charge in [-0.05, 0) is 30.5 Å². The average molecular weight is 287 g/mol. The average Bonchev–Trinajstić information content (AvgIpc) is 2.45. The summed E-state index contributed by atoms with van der Waals surface area (Å²) in [5.74, 6) is 2.91. The van der Waals surface area contributed by atoms with Crippen molar-refractivity contribution in [2.75, 3.05) is 20.0 Å². The summed E-state index contributed by atoms with van der Waals surface area (Å²) in [6.07, 6.45) is 0.868. The van der Waals surface area contributed by atoms with Crippen molar-refractivity contribution in [3.05, 3.63) is 30.0 Å². The second-order valence-electron chi connectivity index (χ2n) is 5.28. The number of rotatable bonds is 5. The van der Waals surface area contributed by atoms with E-state index in [1.807, 2.05) is 24.3 Å². The second kappa shape index (κ2) is 6.43. The molecule has 0 aliphatic heterocycles. The number of nitrogen functional groups attached to an aromatic ring is 1. The van der Waals surface area contributed by atoms with Gasteiger partial charge in [-0.25, -0.2) is 9.97 Å². The number of aromatic nitrogens is 2. The van der Waals surface area contributed by atoms with Crippen LogP contribution in [0.25, 0.3) is 11.4 Å². The summed E-state index contributed by atoms with van der Waals surface area (Å²) < 4.78 is 10.5. The molecule has 1 aromatic heterocycles. The molecule has 1 heterocycles. The zero-order valence-corrected chi connectivity index (χ0v) is 12.9. The lowest BCUT2D eigenvalue weighted by atomic mass is 10.1. The fourth-order valence-electron chi connectivity index (χ4n) is 2.15. The standard InChI is InChI=1S/C16H21N3O2/c1-10(2)7-12-9-15(17)19-16(18-12)11-5-6-13(20-3)14(8-11)21-4/h5-6,8-10H,7H2,1-4H3,(H2,17,18,19). The maximum absolute atomic E-state index is 5.89. The number of benzene rings is 1. The van der Waals surface area contributed by atoms with Crippen LogP contribution in [0.3, 0.4) is 0 Å². The van der Waals surface area contributed by atoms with Gasteiger partial charge in [-0.1, -0.05) is 13.8 Å². The number of hydrogen-bond acceptors (Lipinski definition) is 5. The summed E-state index contributed by atoms with van der Waals surface area (Å²) in [7, 11) is 3.21. The molecular formula is C16H21N3O2. The Kier molecular flexibility index (Phi) is 4.62. The van der Waals surface area contributed by atoms with Gasteiger partial charge in [0.2, 0.25) is 0 Å². The van der Waals surface area contributed by atoms with E-state index >= 15 is 0 Å². The molecule has 0 unspecified atom stereocenters. The van der Waals surface area contributed by atoms with Crippen LogP contribution in [0, 0.1) is 5.92 Å². The fraction of sp³-hybridized carbons (Fsp3) is 0.375. The minimum absolute atomic E-state index is 0.477. The van der Waals surface area contributed by atoms with Gasteiger partial charge in [-0.3, -0.25) is 0 Å². The Bertz CT molecular complexity index is 627. The maximum atomic E-state index is 5.89. The molecule has 5 heteroatoms. The summed E-state index contributed by atoms with van der Waals surface area (Å²) in [6, 6.07) is 7.41. The molecule has 0 saturated carbocycles. The van der Waals surface area contributed by atoms with E-state index in [2.05, 4.69) is 23.8 Å². The molecule has 2 N–H and O–H groups in total. The first-order valence-electron chi connectivity index (χ1n) is 6.89. The number of nitrogens with zero attached hydrogens (tertiary/aromatic N) is 2. The third-order valence-electron chi connectivity index (χ3n) is 3.06. The van der Waals surface area contributed by atoms with Crippen molar-refractivity contribution in [1.29, 1.82) is 0 Å².